The van der Waals surface area contributed by atoms with E-state index >= 15 is 0 Å². The van der Waals surface area contributed by atoms with Gasteiger partial charge in [-0.05, 0) is 43.2 Å². The maximum absolute atomic E-state index is 12.1. The SMILES string of the molecule is CCN(/C=C(/C#N)C(=O)NCc1ccco1)CCc1ccncc1. The highest BCUT2D eigenvalue weighted by Gasteiger charge is 2.11. The molecule has 0 aliphatic heterocycles. The third-order valence-corrected chi connectivity index (χ3v) is 3.52. The molecule has 2 heterocycles. The first-order chi connectivity index (χ1) is 11.7. The number of aromatic nitrogens is 1. The number of furan rings is 1. The normalized spacial score (nSPS) is 10.9. The fraction of sp³-hybridized carbons (Fsp3) is 0.278. The number of likely N-dealkylation sites (N-methyl/N-ethyl adjacent to an activating group) is 1. The van der Waals surface area contributed by atoms with Crippen LogP contribution in [-0.2, 0) is 17.8 Å². The van der Waals surface area contributed by atoms with Crippen molar-refractivity contribution >= 4 is 5.91 Å². The van der Waals surface area contributed by atoms with E-state index in [1.807, 2.05) is 30.0 Å². The first-order valence-electron chi connectivity index (χ1n) is 7.78. The lowest BCUT2D eigenvalue weighted by Gasteiger charge is -2.18. The van der Waals surface area contributed by atoms with Crippen molar-refractivity contribution in [1.29, 1.82) is 5.26 Å². The number of hydrogen-bond acceptors (Lipinski definition) is 5. The number of nitriles is 1. The van der Waals surface area contributed by atoms with Crippen LogP contribution >= 0.6 is 0 Å². The van der Waals surface area contributed by atoms with Gasteiger partial charge in [-0.25, -0.2) is 0 Å². The fourth-order valence-corrected chi connectivity index (χ4v) is 2.13. The van der Waals surface area contributed by atoms with Crippen molar-refractivity contribution < 1.29 is 9.21 Å². The quantitative estimate of drug-likeness (QED) is 0.595. The predicted octanol–water partition coefficient (Wildman–Crippen LogP) is 2.26. The standard InChI is InChI=1S/C18H20N4O2/c1-2-22(10-7-15-5-8-20-9-6-15)14-16(12-19)18(23)21-13-17-4-3-11-24-17/h3-6,8-9,11,14H,2,7,10,13H2,1H3,(H,21,23)/b16-14-. The maximum atomic E-state index is 12.1. The van der Waals surface area contributed by atoms with E-state index in [9.17, 15) is 10.1 Å². The summed E-state index contributed by atoms with van der Waals surface area (Å²) >= 11 is 0. The van der Waals surface area contributed by atoms with Crippen LogP contribution in [0.1, 0.15) is 18.2 Å². The predicted molar refractivity (Wildman–Crippen MR) is 89.4 cm³/mol. The number of rotatable bonds is 8. The fourth-order valence-electron chi connectivity index (χ4n) is 2.13. The third kappa shape index (κ3) is 5.29. The average Bonchev–Trinajstić information content (AvgIpc) is 3.14. The summed E-state index contributed by atoms with van der Waals surface area (Å²) in [5.74, 6) is 0.238. The molecule has 2 rings (SSSR count). The van der Waals surface area contributed by atoms with Gasteiger partial charge in [-0.15, -0.1) is 0 Å². The van der Waals surface area contributed by atoms with Crippen molar-refractivity contribution in [3.05, 3.63) is 66.0 Å². The van der Waals surface area contributed by atoms with Gasteiger partial charge in [-0.1, -0.05) is 0 Å². The Morgan fingerprint density at radius 2 is 2.21 bits per heavy atom. The van der Waals surface area contributed by atoms with Crippen molar-refractivity contribution in [3.8, 4) is 6.07 Å². The number of nitrogens with one attached hydrogen (secondary N) is 1. The number of carbonyl (C=O) groups is 1. The van der Waals surface area contributed by atoms with Crippen LogP contribution in [0.15, 0.2) is 59.1 Å². The zero-order valence-electron chi connectivity index (χ0n) is 13.6. The van der Waals surface area contributed by atoms with Crippen LogP contribution in [0.2, 0.25) is 0 Å². The second-order valence-corrected chi connectivity index (χ2v) is 5.15. The Kier molecular flexibility index (Phi) is 6.59. The van der Waals surface area contributed by atoms with Gasteiger partial charge in [-0.2, -0.15) is 5.26 Å². The lowest BCUT2D eigenvalue weighted by atomic mass is 10.2. The molecule has 0 spiro atoms. The Hall–Kier alpha value is -3.07. The number of carbonyl (C=O) groups excluding carboxylic acids is 1. The molecule has 124 valence electrons. The number of hydrogen-bond donors (Lipinski definition) is 1. The minimum Gasteiger partial charge on any atom is -0.467 e. The molecule has 0 bridgehead atoms. The monoisotopic (exact) mass is 324 g/mol. The molecule has 6 heteroatoms. The molecule has 0 aromatic carbocycles. The van der Waals surface area contributed by atoms with Gasteiger partial charge in [0, 0.05) is 31.7 Å². The van der Waals surface area contributed by atoms with Gasteiger partial charge in [0.1, 0.15) is 17.4 Å². The van der Waals surface area contributed by atoms with Gasteiger partial charge in [0.2, 0.25) is 0 Å². The van der Waals surface area contributed by atoms with Crippen LogP contribution in [-0.4, -0.2) is 28.9 Å². The molecule has 24 heavy (non-hydrogen) atoms. The smallest absolute Gasteiger partial charge is 0.263 e. The van der Waals surface area contributed by atoms with Crippen molar-refractivity contribution in [2.24, 2.45) is 0 Å². The van der Waals surface area contributed by atoms with Gasteiger partial charge < -0.3 is 14.6 Å². The Bertz CT molecular complexity index is 702. The third-order valence-electron chi connectivity index (χ3n) is 3.52. The summed E-state index contributed by atoms with van der Waals surface area (Å²) in [6, 6.07) is 9.39. The van der Waals surface area contributed by atoms with Crippen LogP contribution in [0.4, 0.5) is 0 Å². The van der Waals surface area contributed by atoms with E-state index in [0.29, 0.717) is 12.3 Å². The molecule has 0 aliphatic carbocycles. The van der Waals surface area contributed by atoms with E-state index in [1.54, 1.807) is 37.0 Å². The van der Waals surface area contributed by atoms with E-state index < -0.39 is 5.91 Å². The zero-order valence-corrected chi connectivity index (χ0v) is 13.6. The van der Waals surface area contributed by atoms with E-state index in [-0.39, 0.29) is 12.1 Å². The molecule has 0 saturated carbocycles. The highest BCUT2D eigenvalue weighted by Crippen LogP contribution is 2.04. The Morgan fingerprint density at radius 3 is 2.83 bits per heavy atom. The Balaban J connectivity index is 1.92. The molecule has 0 fully saturated rings. The molecule has 2 aromatic rings. The van der Waals surface area contributed by atoms with Gasteiger partial charge in [0.25, 0.3) is 5.91 Å². The minimum atomic E-state index is -0.406. The summed E-state index contributed by atoms with van der Waals surface area (Å²) in [6.07, 6.45) is 7.48. The number of nitrogens with zero attached hydrogens (tertiary/aromatic N) is 3. The highest BCUT2D eigenvalue weighted by atomic mass is 16.3. The summed E-state index contributed by atoms with van der Waals surface area (Å²) in [7, 11) is 0. The van der Waals surface area contributed by atoms with Crippen molar-refractivity contribution in [1.82, 2.24) is 15.2 Å². The lowest BCUT2D eigenvalue weighted by Crippen LogP contribution is -2.27. The van der Waals surface area contributed by atoms with Crippen molar-refractivity contribution in [2.45, 2.75) is 19.9 Å². The van der Waals surface area contributed by atoms with Crippen LogP contribution in [0, 0.1) is 11.3 Å². The molecule has 0 unspecified atom stereocenters. The summed E-state index contributed by atoms with van der Waals surface area (Å²) in [6.45, 7) is 3.67. The zero-order chi connectivity index (χ0) is 17.2. The van der Waals surface area contributed by atoms with Crippen LogP contribution in [0.3, 0.4) is 0 Å². The minimum absolute atomic E-state index is 0.0816. The van der Waals surface area contributed by atoms with E-state index in [1.165, 1.54) is 0 Å². The number of pyridine rings is 1. The van der Waals surface area contributed by atoms with Gasteiger partial charge in [0.05, 0.1) is 12.8 Å². The summed E-state index contributed by atoms with van der Waals surface area (Å²) in [5.41, 5.74) is 1.25. The van der Waals surface area contributed by atoms with E-state index in [2.05, 4.69) is 10.3 Å². The van der Waals surface area contributed by atoms with Crippen LogP contribution in [0.25, 0.3) is 0 Å². The van der Waals surface area contributed by atoms with E-state index in [4.69, 9.17) is 4.42 Å². The molecule has 0 saturated heterocycles. The van der Waals surface area contributed by atoms with Gasteiger partial charge in [0.15, 0.2) is 0 Å². The molecule has 0 aliphatic rings. The lowest BCUT2D eigenvalue weighted by molar-refractivity contribution is -0.117. The summed E-state index contributed by atoms with van der Waals surface area (Å²) in [4.78, 5) is 18.1. The molecule has 0 atom stereocenters. The van der Waals surface area contributed by atoms with Crippen LogP contribution in [0.5, 0.6) is 0 Å². The van der Waals surface area contributed by atoms with Crippen LogP contribution < -0.4 is 5.32 Å². The second kappa shape index (κ2) is 9.16. The summed E-state index contributed by atoms with van der Waals surface area (Å²) in [5, 5.41) is 11.9. The second-order valence-electron chi connectivity index (χ2n) is 5.15. The Morgan fingerprint density at radius 1 is 1.42 bits per heavy atom. The molecule has 1 amide bonds. The average molecular weight is 324 g/mol. The summed E-state index contributed by atoms with van der Waals surface area (Å²) < 4.78 is 5.15. The van der Waals surface area contributed by atoms with Crippen molar-refractivity contribution in [2.75, 3.05) is 13.1 Å². The van der Waals surface area contributed by atoms with Gasteiger partial charge in [-0.3, -0.25) is 9.78 Å². The molecule has 0 radical (unpaired) electrons. The highest BCUT2D eigenvalue weighted by molar-refractivity contribution is 5.97. The molecule has 6 nitrogen and oxygen atoms in total. The van der Waals surface area contributed by atoms with Crippen molar-refractivity contribution in [3.63, 3.8) is 0 Å². The topological polar surface area (TPSA) is 82.2 Å². The first-order valence-corrected chi connectivity index (χ1v) is 7.78. The van der Waals surface area contributed by atoms with Gasteiger partial charge >= 0.3 is 0 Å². The Labute approximate surface area is 141 Å². The molecular formula is C18H20N4O2. The molecule has 2 aromatic heterocycles. The van der Waals surface area contributed by atoms with E-state index in [0.717, 1.165) is 18.5 Å². The maximum Gasteiger partial charge on any atom is 0.263 e. The molecule has 1 N–H and O–H groups in total. The molecular weight excluding hydrogens is 304 g/mol. The number of amides is 1. The largest absolute Gasteiger partial charge is 0.467 e. The first kappa shape index (κ1) is 17.3.